The van der Waals surface area contributed by atoms with Crippen molar-refractivity contribution >= 4 is 21.6 Å². The number of ether oxygens (including phenoxy) is 2. The van der Waals surface area contributed by atoms with Crippen molar-refractivity contribution in [3.63, 3.8) is 0 Å². The molecule has 0 aromatic heterocycles. The molecule has 1 amide bonds. The number of benzene rings is 2. The molecule has 2 rings (SSSR count). The summed E-state index contributed by atoms with van der Waals surface area (Å²) >= 11 is 0. The summed E-state index contributed by atoms with van der Waals surface area (Å²) in [7, 11) is -0.723. The second-order valence-corrected chi connectivity index (χ2v) is 8.80. The van der Waals surface area contributed by atoms with E-state index in [1.165, 1.54) is 25.8 Å². The number of rotatable bonds is 10. The number of carbonyl (C=O) groups is 1. The number of nitrogens with zero attached hydrogens (tertiary/aromatic N) is 1. The van der Waals surface area contributed by atoms with Gasteiger partial charge >= 0.3 is 0 Å². The summed E-state index contributed by atoms with van der Waals surface area (Å²) in [6.07, 6.45) is 2.83. The summed E-state index contributed by atoms with van der Waals surface area (Å²) < 4.78 is 36.2. The standard InChI is InChI=1S/C22H30N2O5S/c1-6-16-8-9-17(7-2)18(12-16)14-23-22(25)15-24(30(5,26)27)19-10-11-20(28-3)21(13-19)29-4/h8-13H,6-7,14-15H2,1-5H3,(H,23,25). The van der Waals surface area contributed by atoms with Crippen LogP contribution in [0.1, 0.15) is 30.5 Å². The molecule has 0 radical (unpaired) electrons. The Morgan fingerprint density at radius 1 is 0.967 bits per heavy atom. The van der Waals surface area contributed by atoms with Crippen LogP contribution in [0.3, 0.4) is 0 Å². The van der Waals surface area contributed by atoms with E-state index < -0.39 is 10.0 Å². The molecule has 2 aromatic carbocycles. The molecule has 7 nitrogen and oxygen atoms in total. The van der Waals surface area contributed by atoms with Gasteiger partial charge in [-0.2, -0.15) is 0 Å². The number of hydrogen-bond acceptors (Lipinski definition) is 5. The highest BCUT2D eigenvalue weighted by molar-refractivity contribution is 7.92. The van der Waals surface area contributed by atoms with Crippen LogP contribution in [0, 0.1) is 0 Å². The van der Waals surface area contributed by atoms with Gasteiger partial charge in [-0.1, -0.05) is 32.0 Å². The highest BCUT2D eigenvalue weighted by Crippen LogP contribution is 2.32. The minimum atomic E-state index is -3.69. The summed E-state index contributed by atoms with van der Waals surface area (Å²) in [5.74, 6) is 0.467. The molecule has 0 atom stereocenters. The first-order chi connectivity index (χ1) is 14.2. The zero-order valence-corrected chi connectivity index (χ0v) is 19.0. The van der Waals surface area contributed by atoms with Crippen LogP contribution in [0.5, 0.6) is 11.5 Å². The lowest BCUT2D eigenvalue weighted by atomic mass is 10.0. The first-order valence-corrected chi connectivity index (χ1v) is 11.6. The Balaban J connectivity index is 2.19. The van der Waals surface area contributed by atoms with E-state index in [1.54, 1.807) is 12.1 Å². The van der Waals surface area contributed by atoms with Crippen molar-refractivity contribution in [1.82, 2.24) is 5.32 Å². The fourth-order valence-electron chi connectivity index (χ4n) is 3.17. The Morgan fingerprint density at radius 3 is 2.23 bits per heavy atom. The van der Waals surface area contributed by atoms with Crippen LogP contribution >= 0.6 is 0 Å². The zero-order valence-electron chi connectivity index (χ0n) is 18.2. The molecule has 0 fully saturated rings. The Bertz CT molecular complexity index is 989. The van der Waals surface area contributed by atoms with E-state index in [4.69, 9.17) is 9.47 Å². The summed E-state index contributed by atoms with van der Waals surface area (Å²) in [5, 5.41) is 2.85. The third-order valence-electron chi connectivity index (χ3n) is 4.88. The van der Waals surface area contributed by atoms with Crippen LogP contribution in [-0.4, -0.2) is 41.3 Å². The molecule has 2 aromatic rings. The van der Waals surface area contributed by atoms with E-state index in [-0.39, 0.29) is 12.5 Å². The van der Waals surface area contributed by atoms with Gasteiger partial charge in [-0.15, -0.1) is 0 Å². The number of sulfonamides is 1. The van der Waals surface area contributed by atoms with Gasteiger partial charge in [0.1, 0.15) is 6.54 Å². The van der Waals surface area contributed by atoms with Gasteiger partial charge in [0.15, 0.2) is 11.5 Å². The van der Waals surface area contributed by atoms with Crippen molar-refractivity contribution in [2.24, 2.45) is 0 Å². The lowest BCUT2D eigenvalue weighted by Crippen LogP contribution is -2.40. The molecule has 0 unspecified atom stereocenters. The van der Waals surface area contributed by atoms with Crippen LogP contribution in [0.4, 0.5) is 5.69 Å². The van der Waals surface area contributed by atoms with E-state index in [0.717, 1.165) is 34.5 Å². The third-order valence-corrected chi connectivity index (χ3v) is 6.02. The molecule has 0 spiro atoms. The van der Waals surface area contributed by atoms with Gasteiger partial charge in [-0.05, 0) is 41.7 Å². The number of aryl methyl sites for hydroxylation is 2. The Hall–Kier alpha value is -2.74. The Morgan fingerprint density at radius 2 is 1.67 bits per heavy atom. The monoisotopic (exact) mass is 434 g/mol. The second-order valence-electron chi connectivity index (χ2n) is 6.90. The third kappa shape index (κ3) is 5.89. The highest BCUT2D eigenvalue weighted by Gasteiger charge is 2.22. The summed E-state index contributed by atoms with van der Waals surface area (Å²) in [6, 6.07) is 11.0. The molecule has 0 bridgehead atoms. The van der Waals surface area contributed by atoms with Crippen LogP contribution in [-0.2, 0) is 34.2 Å². The molecular formula is C22H30N2O5S. The summed E-state index contributed by atoms with van der Waals surface area (Å²) in [4.78, 5) is 12.6. The average Bonchev–Trinajstić information content (AvgIpc) is 2.74. The molecule has 1 N–H and O–H groups in total. The maximum atomic E-state index is 12.6. The molecule has 0 aliphatic carbocycles. The molecule has 0 aliphatic heterocycles. The second kappa shape index (κ2) is 10.3. The zero-order chi connectivity index (χ0) is 22.3. The number of hydrogen-bond donors (Lipinski definition) is 1. The highest BCUT2D eigenvalue weighted by atomic mass is 32.2. The lowest BCUT2D eigenvalue weighted by molar-refractivity contribution is -0.119. The molecule has 0 saturated carbocycles. The van der Waals surface area contributed by atoms with E-state index in [1.807, 2.05) is 0 Å². The molecule has 164 valence electrons. The predicted molar refractivity (Wildman–Crippen MR) is 119 cm³/mol. The minimum absolute atomic E-state index is 0.326. The SMILES string of the molecule is CCc1ccc(CC)c(CNC(=O)CN(c2ccc(OC)c(OC)c2)S(C)(=O)=O)c1. The first-order valence-electron chi connectivity index (χ1n) is 9.80. The maximum absolute atomic E-state index is 12.6. The largest absolute Gasteiger partial charge is 0.493 e. The topological polar surface area (TPSA) is 84.9 Å². The number of amides is 1. The van der Waals surface area contributed by atoms with Gasteiger partial charge in [0.2, 0.25) is 15.9 Å². The lowest BCUT2D eigenvalue weighted by Gasteiger charge is -2.23. The smallest absolute Gasteiger partial charge is 0.241 e. The van der Waals surface area contributed by atoms with E-state index >= 15 is 0 Å². The van der Waals surface area contributed by atoms with Crippen molar-refractivity contribution in [2.45, 2.75) is 33.2 Å². The van der Waals surface area contributed by atoms with Crippen molar-refractivity contribution in [3.05, 3.63) is 53.1 Å². The number of anilines is 1. The molecule has 0 saturated heterocycles. The molecule has 30 heavy (non-hydrogen) atoms. The van der Waals surface area contributed by atoms with Crippen LogP contribution in [0.15, 0.2) is 36.4 Å². The quantitative estimate of drug-likeness (QED) is 0.622. The minimum Gasteiger partial charge on any atom is -0.493 e. The number of carbonyl (C=O) groups excluding carboxylic acids is 1. The molecule has 0 aliphatic rings. The summed E-state index contributed by atoms with van der Waals surface area (Å²) in [6.45, 7) is 4.16. The number of nitrogens with one attached hydrogen (secondary N) is 1. The molecular weight excluding hydrogens is 404 g/mol. The fourth-order valence-corrected chi connectivity index (χ4v) is 4.02. The van der Waals surface area contributed by atoms with Crippen LogP contribution < -0.4 is 19.1 Å². The normalized spacial score (nSPS) is 11.1. The van der Waals surface area contributed by atoms with Crippen molar-refractivity contribution in [3.8, 4) is 11.5 Å². The van der Waals surface area contributed by atoms with Gasteiger partial charge in [0.25, 0.3) is 0 Å². The van der Waals surface area contributed by atoms with Gasteiger partial charge in [0.05, 0.1) is 26.2 Å². The van der Waals surface area contributed by atoms with Gasteiger partial charge in [-0.3, -0.25) is 9.10 Å². The van der Waals surface area contributed by atoms with Gasteiger partial charge < -0.3 is 14.8 Å². The van der Waals surface area contributed by atoms with E-state index in [2.05, 4.69) is 37.4 Å². The van der Waals surface area contributed by atoms with Crippen molar-refractivity contribution in [1.29, 1.82) is 0 Å². The van der Waals surface area contributed by atoms with Crippen LogP contribution in [0.25, 0.3) is 0 Å². The van der Waals surface area contributed by atoms with Crippen molar-refractivity contribution < 1.29 is 22.7 Å². The Labute approximate surface area is 179 Å². The van der Waals surface area contributed by atoms with Gasteiger partial charge in [-0.25, -0.2) is 8.42 Å². The van der Waals surface area contributed by atoms with E-state index in [0.29, 0.717) is 23.7 Å². The molecule has 8 heteroatoms. The van der Waals surface area contributed by atoms with Gasteiger partial charge in [0, 0.05) is 12.6 Å². The Kier molecular flexibility index (Phi) is 8.11. The molecule has 0 heterocycles. The predicted octanol–water partition coefficient (Wildman–Crippen LogP) is 2.91. The van der Waals surface area contributed by atoms with Crippen LogP contribution in [0.2, 0.25) is 0 Å². The first kappa shape index (κ1) is 23.5. The fraction of sp³-hybridized carbons (Fsp3) is 0.409. The van der Waals surface area contributed by atoms with E-state index in [9.17, 15) is 13.2 Å². The van der Waals surface area contributed by atoms with Crippen molar-refractivity contribution in [2.75, 3.05) is 31.3 Å². The number of methoxy groups -OCH3 is 2. The average molecular weight is 435 g/mol. The summed E-state index contributed by atoms with van der Waals surface area (Å²) in [5.41, 5.74) is 3.72. The maximum Gasteiger partial charge on any atom is 0.241 e.